The van der Waals surface area contributed by atoms with Gasteiger partial charge in [-0.3, -0.25) is 4.79 Å². The summed E-state index contributed by atoms with van der Waals surface area (Å²) < 4.78 is 5.71. The summed E-state index contributed by atoms with van der Waals surface area (Å²) in [5, 5.41) is 0. The van der Waals surface area contributed by atoms with E-state index in [1.165, 1.54) is 11.1 Å². The Bertz CT molecular complexity index is 566. The highest BCUT2D eigenvalue weighted by Gasteiger charge is 2.33. The minimum absolute atomic E-state index is 0.0176. The average Bonchev–Trinajstić information content (AvgIpc) is 2.81. The summed E-state index contributed by atoms with van der Waals surface area (Å²) in [6.45, 7) is 6.58. The van der Waals surface area contributed by atoms with Crippen LogP contribution in [0.15, 0.2) is 0 Å². The first-order valence-corrected chi connectivity index (χ1v) is 7.44. The van der Waals surface area contributed by atoms with Crippen molar-refractivity contribution in [3.05, 3.63) is 22.4 Å². The van der Waals surface area contributed by atoms with Crippen LogP contribution in [0, 0.1) is 11.8 Å². The van der Waals surface area contributed by atoms with E-state index in [0.29, 0.717) is 18.2 Å². The Labute approximate surface area is 119 Å². The number of carbonyl (C=O) groups is 1. The third kappa shape index (κ3) is 2.03. The second-order valence-corrected chi connectivity index (χ2v) is 6.26. The molecule has 1 aromatic rings. The smallest absolute Gasteiger partial charge is 0.138 e. The lowest BCUT2D eigenvalue weighted by Crippen LogP contribution is -2.27. The number of fused-ring (bicyclic) bond motifs is 3. The van der Waals surface area contributed by atoms with Crippen LogP contribution in [-0.4, -0.2) is 10.8 Å². The first-order chi connectivity index (χ1) is 9.49. The monoisotopic (exact) mass is 274 g/mol. The standard InChI is InChI=1S/C16H22N2O2/c1-8(2)15(19)10-4-5-13-11(6-10)12-7-20-9(3)14(12)16(17)18-13/h8-10H,4-7H2,1-3H3,(H2,17,18)/t9-,10-/m1/s1. The SMILES string of the molecule is CC(C)C(=O)[C@@H]1CCc2nc(N)c3c(c2C1)CO[C@@H]3C. The van der Waals surface area contributed by atoms with Gasteiger partial charge in [0.05, 0.1) is 12.7 Å². The molecule has 20 heavy (non-hydrogen) atoms. The molecule has 0 unspecified atom stereocenters. The number of nitrogens with zero attached hydrogens (tertiary/aromatic N) is 1. The summed E-state index contributed by atoms with van der Waals surface area (Å²) in [4.78, 5) is 16.8. The van der Waals surface area contributed by atoms with E-state index in [-0.39, 0.29) is 17.9 Å². The molecule has 0 saturated heterocycles. The summed E-state index contributed by atoms with van der Waals surface area (Å²) in [7, 11) is 0. The average molecular weight is 274 g/mol. The number of carbonyl (C=O) groups excluding carboxylic acids is 1. The number of pyridine rings is 1. The molecule has 0 bridgehead atoms. The maximum absolute atomic E-state index is 12.3. The van der Waals surface area contributed by atoms with Crippen LogP contribution in [0.3, 0.4) is 0 Å². The van der Waals surface area contributed by atoms with Crippen LogP contribution in [0.5, 0.6) is 0 Å². The molecule has 1 aromatic heterocycles. The predicted octanol–water partition coefficient (Wildman–Crippen LogP) is 2.59. The highest BCUT2D eigenvalue weighted by molar-refractivity contribution is 5.83. The van der Waals surface area contributed by atoms with E-state index in [4.69, 9.17) is 10.5 Å². The van der Waals surface area contributed by atoms with Gasteiger partial charge >= 0.3 is 0 Å². The van der Waals surface area contributed by atoms with Crippen molar-refractivity contribution in [2.24, 2.45) is 11.8 Å². The Morgan fingerprint density at radius 3 is 2.85 bits per heavy atom. The van der Waals surface area contributed by atoms with Crippen LogP contribution < -0.4 is 5.73 Å². The fraction of sp³-hybridized carbons (Fsp3) is 0.625. The molecule has 2 atom stereocenters. The van der Waals surface area contributed by atoms with Crippen molar-refractivity contribution >= 4 is 11.6 Å². The van der Waals surface area contributed by atoms with Gasteiger partial charge in [-0.15, -0.1) is 0 Å². The number of nitrogen functional groups attached to an aromatic ring is 1. The van der Waals surface area contributed by atoms with Gasteiger partial charge in [0.2, 0.25) is 0 Å². The van der Waals surface area contributed by atoms with E-state index in [0.717, 1.165) is 30.5 Å². The second-order valence-electron chi connectivity index (χ2n) is 6.26. The molecule has 1 aliphatic heterocycles. The van der Waals surface area contributed by atoms with Gasteiger partial charge in [-0.25, -0.2) is 4.98 Å². The van der Waals surface area contributed by atoms with Crippen LogP contribution in [0.25, 0.3) is 0 Å². The zero-order valence-electron chi connectivity index (χ0n) is 12.4. The van der Waals surface area contributed by atoms with Crippen LogP contribution in [-0.2, 0) is 29.0 Å². The zero-order chi connectivity index (χ0) is 14.4. The fourth-order valence-corrected chi connectivity index (χ4v) is 3.50. The Balaban J connectivity index is 1.99. The molecule has 4 heteroatoms. The molecule has 4 nitrogen and oxygen atoms in total. The zero-order valence-corrected chi connectivity index (χ0v) is 12.4. The van der Waals surface area contributed by atoms with Gasteiger partial charge < -0.3 is 10.5 Å². The van der Waals surface area contributed by atoms with Gasteiger partial charge in [-0.05, 0) is 37.3 Å². The molecule has 0 fully saturated rings. The molecule has 2 heterocycles. The number of aromatic nitrogens is 1. The predicted molar refractivity (Wildman–Crippen MR) is 77.2 cm³/mol. The van der Waals surface area contributed by atoms with Crippen molar-refractivity contribution in [1.82, 2.24) is 4.98 Å². The number of anilines is 1. The quantitative estimate of drug-likeness (QED) is 0.900. The van der Waals surface area contributed by atoms with Crippen molar-refractivity contribution in [1.29, 1.82) is 0 Å². The summed E-state index contributed by atoms with van der Waals surface area (Å²) in [5.74, 6) is 1.21. The molecule has 108 valence electrons. The summed E-state index contributed by atoms with van der Waals surface area (Å²) in [6.07, 6.45) is 2.57. The Morgan fingerprint density at radius 2 is 2.15 bits per heavy atom. The van der Waals surface area contributed by atoms with Crippen LogP contribution in [0.2, 0.25) is 0 Å². The molecular weight excluding hydrogens is 252 g/mol. The van der Waals surface area contributed by atoms with Gasteiger partial charge in [-0.1, -0.05) is 13.8 Å². The number of nitrogens with two attached hydrogens (primary N) is 1. The molecule has 0 aromatic carbocycles. The summed E-state index contributed by atoms with van der Waals surface area (Å²) in [5.41, 5.74) is 10.6. The topological polar surface area (TPSA) is 65.2 Å². The molecular formula is C16H22N2O2. The molecule has 0 radical (unpaired) electrons. The van der Waals surface area contributed by atoms with Crippen molar-refractivity contribution in [3.8, 4) is 0 Å². The van der Waals surface area contributed by atoms with Crippen LogP contribution in [0.4, 0.5) is 5.82 Å². The lowest BCUT2D eigenvalue weighted by molar-refractivity contribution is -0.126. The first kappa shape index (κ1) is 13.6. The number of ketones is 1. The largest absolute Gasteiger partial charge is 0.383 e. The van der Waals surface area contributed by atoms with Crippen LogP contribution in [0.1, 0.15) is 55.7 Å². The van der Waals surface area contributed by atoms with E-state index in [1.807, 2.05) is 20.8 Å². The summed E-state index contributed by atoms with van der Waals surface area (Å²) in [6, 6.07) is 0. The van der Waals surface area contributed by atoms with Crippen molar-refractivity contribution < 1.29 is 9.53 Å². The van der Waals surface area contributed by atoms with Gasteiger partial charge in [0.25, 0.3) is 0 Å². The maximum Gasteiger partial charge on any atom is 0.138 e. The van der Waals surface area contributed by atoms with E-state index in [2.05, 4.69) is 4.98 Å². The highest BCUT2D eigenvalue weighted by Crippen LogP contribution is 2.40. The molecule has 3 rings (SSSR count). The third-order valence-electron chi connectivity index (χ3n) is 4.60. The molecule has 0 amide bonds. The minimum atomic E-state index is 0.0176. The van der Waals surface area contributed by atoms with E-state index >= 15 is 0 Å². The first-order valence-electron chi connectivity index (χ1n) is 7.44. The Morgan fingerprint density at radius 1 is 1.40 bits per heavy atom. The molecule has 2 N–H and O–H groups in total. The minimum Gasteiger partial charge on any atom is -0.383 e. The Kier molecular flexibility index (Phi) is 3.28. The number of hydrogen-bond donors (Lipinski definition) is 1. The maximum atomic E-state index is 12.3. The molecule has 0 spiro atoms. The number of ether oxygens (including phenoxy) is 1. The number of hydrogen-bond acceptors (Lipinski definition) is 4. The number of rotatable bonds is 2. The van der Waals surface area contributed by atoms with Crippen molar-refractivity contribution in [2.75, 3.05) is 5.73 Å². The lowest BCUT2D eigenvalue weighted by atomic mass is 9.79. The van der Waals surface area contributed by atoms with Crippen LogP contribution >= 0.6 is 0 Å². The summed E-state index contributed by atoms with van der Waals surface area (Å²) >= 11 is 0. The second kappa shape index (κ2) is 4.85. The fourth-order valence-electron chi connectivity index (χ4n) is 3.50. The molecule has 2 aliphatic rings. The van der Waals surface area contributed by atoms with Crippen molar-refractivity contribution in [3.63, 3.8) is 0 Å². The number of aryl methyl sites for hydroxylation is 1. The molecule has 1 aliphatic carbocycles. The van der Waals surface area contributed by atoms with E-state index in [1.54, 1.807) is 0 Å². The van der Waals surface area contributed by atoms with Gasteiger partial charge in [0, 0.05) is 23.1 Å². The van der Waals surface area contributed by atoms with Gasteiger partial charge in [-0.2, -0.15) is 0 Å². The van der Waals surface area contributed by atoms with E-state index < -0.39 is 0 Å². The normalized spacial score (nSPS) is 24.6. The Hall–Kier alpha value is -1.42. The highest BCUT2D eigenvalue weighted by atomic mass is 16.5. The van der Waals surface area contributed by atoms with Gasteiger partial charge in [0.15, 0.2) is 0 Å². The van der Waals surface area contributed by atoms with E-state index in [9.17, 15) is 4.79 Å². The number of Topliss-reactive ketones (excluding diaryl/α,β-unsaturated/α-hetero) is 1. The lowest BCUT2D eigenvalue weighted by Gasteiger charge is -2.26. The van der Waals surface area contributed by atoms with Crippen molar-refractivity contribution in [2.45, 2.75) is 52.7 Å². The molecule has 0 saturated carbocycles. The van der Waals surface area contributed by atoms with Gasteiger partial charge in [0.1, 0.15) is 11.6 Å². The third-order valence-corrected chi connectivity index (χ3v) is 4.60.